The van der Waals surface area contributed by atoms with E-state index in [1.54, 1.807) is 0 Å². The van der Waals surface area contributed by atoms with Crippen molar-refractivity contribution < 1.29 is 28.8 Å². The number of ether oxygens (including phenoxy) is 4. The fraction of sp³-hybridized carbons (Fsp3) is 0.889. The van der Waals surface area contributed by atoms with Gasteiger partial charge in [0, 0.05) is 44.0 Å². The van der Waals surface area contributed by atoms with Gasteiger partial charge in [0.25, 0.3) is 0 Å². The summed E-state index contributed by atoms with van der Waals surface area (Å²) in [6, 6.07) is 0. The van der Waals surface area contributed by atoms with E-state index in [-0.39, 0.29) is 54.4 Å². The number of rotatable bonds is 11. The van der Waals surface area contributed by atoms with Crippen LogP contribution in [0.1, 0.15) is 90.4 Å². The summed E-state index contributed by atoms with van der Waals surface area (Å²) < 4.78 is 24.6. The van der Waals surface area contributed by atoms with Crippen LogP contribution >= 0.6 is 0 Å². The van der Waals surface area contributed by atoms with Gasteiger partial charge in [-0.3, -0.25) is 4.79 Å². The highest BCUT2D eigenvalue weighted by Crippen LogP contribution is 2.57. The van der Waals surface area contributed by atoms with Gasteiger partial charge in [-0.25, -0.2) is 0 Å². The summed E-state index contributed by atoms with van der Waals surface area (Å²) in [7, 11) is 0. The van der Waals surface area contributed by atoms with E-state index in [2.05, 4.69) is 19.1 Å². The Balaban J connectivity index is 1.48. The largest absolute Gasteiger partial charge is 0.396 e. The van der Waals surface area contributed by atoms with Gasteiger partial charge < -0.3 is 24.1 Å². The van der Waals surface area contributed by atoms with Crippen LogP contribution in [0.4, 0.5) is 0 Å². The molecular weight excluding hydrogens is 420 g/mol. The molecule has 0 radical (unpaired) electrons. The van der Waals surface area contributed by atoms with E-state index in [9.17, 15) is 9.90 Å². The number of aliphatic hydroxyl groups is 1. The number of aliphatic hydroxyl groups excluding tert-OH is 1. The van der Waals surface area contributed by atoms with Gasteiger partial charge >= 0.3 is 0 Å². The SMILES string of the molecule is CCCCCC(C=C[C@@H]1[C@H]2CC(=O)C[C@@]2(CO)C[C@H]1OC1CCCCO1)OC1CCCCO1. The number of hydrogen-bond acceptors (Lipinski definition) is 6. The van der Waals surface area contributed by atoms with Gasteiger partial charge in [0.2, 0.25) is 0 Å². The Labute approximate surface area is 199 Å². The first-order valence-corrected chi connectivity index (χ1v) is 13.5. The van der Waals surface area contributed by atoms with E-state index in [1.165, 1.54) is 12.8 Å². The second kappa shape index (κ2) is 12.3. The zero-order chi connectivity index (χ0) is 23.1. The molecular formula is C27H44O6. The molecule has 2 heterocycles. The third kappa shape index (κ3) is 6.46. The molecule has 1 N–H and O–H groups in total. The van der Waals surface area contributed by atoms with E-state index in [1.807, 2.05) is 0 Å². The molecule has 33 heavy (non-hydrogen) atoms. The van der Waals surface area contributed by atoms with E-state index < -0.39 is 0 Å². The molecule has 0 bridgehead atoms. The lowest BCUT2D eigenvalue weighted by Crippen LogP contribution is -2.31. The summed E-state index contributed by atoms with van der Waals surface area (Å²) in [6.07, 6.45) is 16.7. The Hall–Kier alpha value is -0.790. The number of Topliss-reactive ketones (excluding diaryl/α,β-unsaturated/α-hetero) is 1. The molecule has 2 aliphatic heterocycles. The average Bonchev–Trinajstić information content (AvgIpc) is 3.29. The second-order valence-electron chi connectivity index (χ2n) is 10.7. The minimum atomic E-state index is -0.351. The molecule has 4 aliphatic rings. The quantitative estimate of drug-likeness (QED) is 0.345. The van der Waals surface area contributed by atoms with Crippen molar-refractivity contribution in [2.24, 2.45) is 17.3 Å². The minimum absolute atomic E-state index is 0.00691. The highest BCUT2D eigenvalue weighted by molar-refractivity contribution is 5.82. The van der Waals surface area contributed by atoms with Crippen LogP contribution in [0.2, 0.25) is 0 Å². The molecule has 0 aromatic carbocycles. The zero-order valence-electron chi connectivity index (χ0n) is 20.4. The molecule has 4 fully saturated rings. The predicted molar refractivity (Wildman–Crippen MR) is 126 cm³/mol. The van der Waals surface area contributed by atoms with Crippen molar-refractivity contribution in [1.29, 1.82) is 0 Å². The topological polar surface area (TPSA) is 74.2 Å². The van der Waals surface area contributed by atoms with Gasteiger partial charge in [0.15, 0.2) is 12.6 Å². The molecule has 6 nitrogen and oxygen atoms in total. The summed E-state index contributed by atoms with van der Waals surface area (Å²) in [5.74, 6) is 0.493. The lowest BCUT2D eigenvalue weighted by Gasteiger charge is -2.30. The highest BCUT2D eigenvalue weighted by Gasteiger charge is 2.58. The van der Waals surface area contributed by atoms with Crippen molar-refractivity contribution in [3.8, 4) is 0 Å². The van der Waals surface area contributed by atoms with Gasteiger partial charge in [-0.1, -0.05) is 38.3 Å². The molecule has 4 rings (SSSR count). The van der Waals surface area contributed by atoms with Crippen molar-refractivity contribution in [2.45, 2.75) is 115 Å². The minimum Gasteiger partial charge on any atom is -0.396 e. The molecule has 2 aliphatic carbocycles. The number of carbonyl (C=O) groups excluding carboxylic acids is 1. The van der Waals surface area contributed by atoms with Crippen molar-refractivity contribution >= 4 is 5.78 Å². The first-order valence-electron chi connectivity index (χ1n) is 13.5. The maximum Gasteiger partial charge on any atom is 0.158 e. The highest BCUT2D eigenvalue weighted by atomic mass is 16.7. The number of hydrogen-bond donors (Lipinski definition) is 1. The van der Waals surface area contributed by atoms with Crippen LogP contribution in [-0.4, -0.2) is 55.5 Å². The van der Waals surface area contributed by atoms with Crippen LogP contribution in [0.5, 0.6) is 0 Å². The summed E-state index contributed by atoms with van der Waals surface area (Å²) in [5, 5.41) is 10.3. The Morgan fingerprint density at radius 2 is 1.88 bits per heavy atom. The van der Waals surface area contributed by atoms with Gasteiger partial charge in [0.05, 0.1) is 12.2 Å². The van der Waals surface area contributed by atoms with Crippen LogP contribution in [0.15, 0.2) is 12.2 Å². The van der Waals surface area contributed by atoms with E-state index in [4.69, 9.17) is 18.9 Å². The summed E-state index contributed by atoms with van der Waals surface area (Å²) in [4.78, 5) is 12.4. The number of ketones is 1. The lowest BCUT2D eigenvalue weighted by atomic mass is 9.78. The Bertz CT molecular complexity index is 639. The number of fused-ring (bicyclic) bond motifs is 1. The third-order valence-electron chi connectivity index (χ3n) is 8.17. The van der Waals surface area contributed by atoms with Crippen LogP contribution < -0.4 is 0 Å². The fourth-order valence-corrected chi connectivity index (χ4v) is 6.34. The standard InChI is InChI=1S/C27H44O6/c1-2-3-4-9-21(32-25-10-5-7-14-30-25)12-13-22-23-16-20(29)17-27(23,19-28)18-24(22)33-26-11-6-8-15-31-26/h12-13,21-26,28H,2-11,14-19H2,1H3/t21?,22-,23-,24-,25?,26?,27+/m1/s1. The van der Waals surface area contributed by atoms with Crippen molar-refractivity contribution in [3.63, 3.8) is 0 Å². The summed E-state index contributed by atoms with van der Waals surface area (Å²) in [6.45, 7) is 3.79. The molecule has 188 valence electrons. The molecule has 0 aromatic heterocycles. The molecule has 0 aromatic rings. The maximum absolute atomic E-state index is 12.4. The second-order valence-corrected chi connectivity index (χ2v) is 10.7. The van der Waals surface area contributed by atoms with Crippen LogP contribution in [0.25, 0.3) is 0 Å². The van der Waals surface area contributed by atoms with Gasteiger partial charge in [0.1, 0.15) is 5.78 Å². The molecule has 6 heteroatoms. The molecule has 2 saturated heterocycles. The predicted octanol–water partition coefficient (Wildman–Crippen LogP) is 4.92. The summed E-state index contributed by atoms with van der Waals surface area (Å²) >= 11 is 0. The van der Waals surface area contributed by atoms with Crippen LogP contribution in [0, 0.1) is 17.3 Å². The zero-order valence-corrected chi connectivity index (χ0v) is 20.4. The molecule has 0 spiro atoms. The van der Waals surface area contributed by atoms with Crippen molar-refractivity contribution in [1.82, 2.24) is 0 Å². The number of carbonyl (C=O) groups is 1. The average molecular weight is 465 g/mol. The normalized spacial score (nSPS) is 38.1. The van der Waals surface area contributed by atoms with Gasteiger partial charge in [-0.2, -0.15) is 0 Å². The van der Waals surface area contributed by atoms with E-state index in [0.29, 0.717) is 12.8 Å². The van der Waals surface area contributed by atoms with Gasteiger partial charge in [-0.05, 0) is 57.3 Å². The van der Waals surface area contributed by atoms with Crippen LogP contribution in [-0.2, 0) is 23.7 Å². The first kappa shape index (κ1) is 25.3. The Kier molecular flexibility index (Phi) is 9.40. The molecule has 7 atom stereocenters. The fourth-order valence-electron chi connectivity index (χ4n) is 6.34. The van der Waals surface area contributed by atoms with Gasteiger partial charge in [-0.15, -0.1) is 0 Å². The Morgan fingerprint density at radius 3 is 2.55 bits per heavy atom. The number of unbranched alkanes of at least 4 members (excludes halogenated alkanes) is 2. The lowest BCUT2D eigenvalue weighted by molar-refractivity contribution is -0.194. The molecule has 3 unspecified atom stereocenters. The third-order valence-corrected chi connectivity index (χ3v) is 8.17. The Morgan fingerprint density at radius 1 is 1.12 bits per heavy atom. The first-order chi connectivity index (χ1) is 16.1. The maximum atomic E-state index is 12.4. The summed E-state index contributed by atoms with van der Waals surface area (Å²) in [5.41, 5.74) is -0.351. The monoisotopic (exact) mass is 464 g/mol. The van der Waals surface area contributed by atoms with Crippen LogP contribution in [0.3, 0.4) is 0 Å². The molecule has 2 saturated carbocycles. The van der Waals surface area contributed by atoms with E-state index >= 15 is 0 Å². The molecule has 0 amide bonds. The van der Waals surface area contributed by atoms with E-state index in [0.717, 1.165) is 71.0 Å². The van der Waals surface area contributed by atoms with Crippen molar-refractivity contribution in [2.75, 3.05) is 19.8 Å². The van der Waals surface area contributed by atoms with Crippen molar-refractivity contribution in [3.05, 3.63) is 12.2 Å². The smallest absolute Gasteiger partial charge is 0.158 e.